The number of hydrogen-bond donors (Lipinski definition) is 3. The molecule has 27 heavy (non-hydrogen) atoms. The lowest BCUT2D eigenvalue weighted by atomic mass is 10.1. The SMILES string of the molecule is CCCCCC(C#CCCCCCCCCO)Nc1ccc(C(=O)O)cc1. The molecule has 0 aromatic heterocycles. The number of carboxylic acids is 1. The predicted molar refractivity (Wildman–Crippen MR) is 112 cm³/mol. The number of carboxylic acid groups (broad SMARTS) is 1. The maximum atomic E-state index is 11.0. The average molecular weight is 374 g/mol. The fraction of sp³-hybridized carbons (Fsp3) is 0.609. The Bertz CT molecular complexity index is 572. The quantitative estimate of drug-likeness (QED) is 0.299. The van der Waals surface area contributed by atoms with E-state index in [1.54, 1.807) is 12.1 Å². The van der Waals surface area contributed by atoms with E-state index in [1.807, 2.05) is 12.1 Å². The third-order valence-corrected chi connectivity index (χ3v) is 4.56. The van der Waals surface area contributed by atoms with Crippen molar-refractivity contribution in [2.45, 2.75) is 83.6 Å². The first-order valence-electron chi connectivity index (χ1n) is 10.4. The van der Waals surface area contributed by atoms with Crippen LogP contribution in [0.5, 0.6) is 0 Å². The highest BCUT2D eigenvalue weighted by atomic mass is 16.4. The Kier molecular flexibility index (Phi) is 12.9. The molecule has 0 aliphatic carbocycles. The molecule has 0 spiro atoms. The van der Waals surface area contributed by atoms with E-state index in [2.05, 4.69) is 24.1 Å². The van der Waals surface area contributed by atoms with Crippen molar-refractivity contribution >= 4 is 11.7 Å². The standard InChI is InChI=1S/C23H35NO3/c1-2-3-10-13-21(14-11-8-6-4-5-7-9-12-19-25)24-22-17-15-20(16-18-22)23(26)27/h15-18,21,24-25H,2-10,12-13,19H2,1H3,(H,26,27). The monoisotopic (exact) mass is 373 g/mol. The minimum absolute atomic E-state index is 0.108. The minimum Gasteiger partial charge on any atom is -0.478 e. The fourth-order valence-corrected chi connectivity index (χ4v) is 2.92. The van der Waals surface area contributed by atoms with E-state index in [-0.39, 0.29) is 6.04 Å². The Morgan fingerprint density at radius 3 is 2.30 bits per heavy atom. The van der Waals surface area contributed by atoms with Crippen LogP contribution in [0.4, 0.5) is 5.69 Å². The molecule has 0 radical (unpaired) electrons. The lowest BCUT2D eigenvalue weighted by Crippen LogP contribution is -2.17. The average Bonchev–Trinajstić information content (AvgIpc) is 2.67. The molecule has 4 heteroatoms. The molecule has 0 saturated carbocycles. The van der Waals surface area contributed by atoms with Crippen LogP contribution >= 0.6 is 0 Å². The molecule has 0 bridgehead atoms. The second kappa shape index (κ2) is 15.1. The Morgan fingerprint density at radius 1 is 1.00 bits per heavy atom. The van der Waals surface area contributed by atoms with E-state index in [0.717, 1.165) is 44.2 Å². The van der Waals surface area contributed by atoms with Gasteiger partial charge in [-0.15, -0.1) is 5.92 Å². The summed E-state index contributed by atoms with van der Waals surface area (Å²) in [6.07, 6.45) is 12.2. The van der Waals surface area contributed by atoms with Gasteiger partial charge in [0.1, 0.15) is 0 Å². The van der Waals surface area contributed by atoms with Crippen LogP contribution in [-0.2, 0) is 0 Å². The van der Waals surface area contributed by atoms with Gasteiger partial charge in [-0.1, -0.05) is 57.8 Å². The molecule has 1 unspecified atom stereocenters. The highest BCUT2D eigenvalue weighted by molar-refractivity contribution is 5.88. The van der Waals surface area contributed by atoms with Gasteiger partial charge in [-0.25, -0.2) is 4.79 Å². The summed E-state index contributed by atoms with van der Waals surface area (Å²) in [5.74, 6) is 5.78. The number of nitrogens with one attached hydrogen (secondary N) is 1. The normalized spacial score (nSPS) is 11.5. The van der Waals surface area contributed by atoms with E-state index in [9.17, 15) is 4.79 Å². The lowest BCUT2D eigenvalue weighted by molar-refractivity contribution is 0.0697. The number of benzene rings is 1. The molecule has 1 atom stereocenters. The highest BCUT2D eigenvalue weighted by Gasteiger charge is 2.06. The zero-order valence-corrected chi connectivity index (χ0v) is 16.7. The van der Waals surface area contributed by atoms with Crippen molar-refractivity contribution < 1.29 is 15.0 Å². The zero-order valence-electron chi connectivity index (χ0n) is 16.7. The van der Waals surface area contributed by atoms with E-state index < -0.39 is 5.97 Å². The third kappa shape index (κ3) is 11.4. The van der Waals surface area contributed by atoms with Gasteiger partial charge in [-0.05, 0) is 43.5 Å². The van der Waals surface area contributed by atoms with Crippen LogP contribution in [0.2, 0.25) is 0 Å². The number of unbranched alkanes of at least 4 members (excludes halogenated alkanes) is 8. The summed E-state index contributed by atoms with van der Waals surface area (Å²) in [6, 6.07) is 6.97. The Hall–Kier alpha value is -1.99. The second-order valence-corrected chi connectivity index (χ2v) is 6.99. The van der Waals surface area contributed by atoms with Crippen LogP contribution < -0.4 is 5.32 Å². The van der Waals surface area contributed by atoms with Gasteiger partial charge in [0.25, 0.3) is 0 Å². The van der Waals surface area contributed by atoms with Crippen molar-refractivity contribution in [2.24, 2.45) is 0 Å². The van der Waals surface area contributed by atoms with E-state index in [1.165, 1.54) is 32.1 Å². The first-order chi connectivity index (χ1) is 13.2. The number of aliphatic hydroxyl groups is 1. The number of aromatic carboxylic acids is 1. The molecule has 4 nitrogen and oxygen atoms in total. The minimum atomic E-state index is -0.905. The van der Waals surface area contributed by atoms with Crippen molar-refractivity contribution in [3.63, 3.8) is 0 Å². The van der Waals surface area contributed by atoms with Gasteiger partial charge in [0.2, 0.25) is 0 Å². The van der Waals surface area contributed by atoms with Crippen LogP contribution in [0.1, 0.15) is 87.9 Å². The molecule has 1 rings (SSSR count). The maximum absolute atomic E-state index is 11.0. The molecule has 3 N–H and O–H groups in total. The van der Waals surface area contributed by atoms with E-state index in [0.29, 0.717) is 12.2 Å². The topological polar surface area (TPSA) is 69.6 Å². The Balaban J connectivity index is 2.43. The Labute approximate surface area is 164 Å². The van der Waals surface area contributed by atoms with Crippen molar-refractivity contribution in [1.82, 2.24) is 0 Å². The number of carbonyl (C=O) groups is 1. The third-order valence-electron chi connectivity index (χ3n) is 4.56. The van der Waals surface area contributed by atoms with E-state index >= 15 is 0 Å². The highest BCUT2D eigenvalue weighted by Crippen LogP contribution is 2.14. The van der Waals surface area contributed by atoms with Crippen molar-refractivity contribution in [3.8, 4) is 11.8 Å². The van der Waals surface area contributed by atoms with Gasteiger partial charge >= 0.3 is 5.97 Å². The summed E-state index contributed by atoms with van der Waals surface area (Å²) in [6.45, 7) is 2.50. The van der Waals surface area contributed by atoms with Crippen LogP contribution in [0, 0.1) is 11.8 Å². The van der Waals surface area contributed by atoms with Gasteiger partial charge in [0.05, 0.1) is 11.6 Å². The molecule has 1 aromatic carbocycles. The van der Waals surface area contributed by atoms with Crippen LogP contribution in [0.15, 0.2) is 24.3 Å². The number of hydrogen-bond acceptors (Lipinski definition) is 3. The smallest absolute Gasteiger partial charge is 0.335 e. The predicted octanol–water partition coefficient (Wildman–Crippen LogP) is 5.47. The van der Waals surface area contributed by atoms with Crippen molar-refractivity contribution in [2.75, 3.05) is 11.9 Å². The number of aliphatic hydroxyl groups excluding tert-OH is 1. The van der Waals surface area contributed by atoms with Crippen LogP contribution in [-0.4, -0.2) is 28.8 Å². The largest absolute Gasteiger partial charge is 0.478 e. The van der Waals surface area contributed by atoms with Gasteiger partial charge in [-0.2, -0.15) is 0 Å². The summed E-state index contributed by atoms with van der Waals surface area (Å²) in [5.41, 5.74) is 1.22. The summed E-state index contributed by atoms with van der Waals surface area (Å²) in [7, 11) is 0. The number of anilines is 1. The van der Waals surface area contributed by atoms with Crippen LogP contribution in [0.25, 0.3) is 0 Å². The molecular formula is C23H35NO3. The molecule has 0 aliphatic rings. The van der Waals surface area contributed by atoms with Crippen LogP contribution in [0.3, 0.4) is 0 Å². The molecular weight excluding hydrogens is 338 g/mol. The molecule has 0 saturated heterocycles. The van der Waals surface area contributed by atoms with Gasteiger partial charge in [0, 0.05) is 18.7 Å². The molecule has 1 aromatic rings. The summed E-state index contributed by atoms with van der Waals surface area (Å²) in [5, 5.41) is 21.2. The Morgan fingerprint density at radius 2 is 1.67 bits per heavy atom. The second-order valence-electron chi connectivity index (χ2n) is 6.99. The molecule has 0 fully saturated rings. The maximum Gasteiger partial charge on any atom is 0.335 e. The molecule has 0 amide bonds. The molecule has 0 heterocycles. The van der Waals surface area contributed by atoms with Gasteiger partial charge in [-0.3, -0.25) is 0 Å². The van der Waals surface area contributed by atoms with Gasteiger partial charge < -0.3 is 15.5 Å². The van der Waals surface area contributed by atoms with E-state index in [4.69, 9.17) is 10.2 Å². The van der Waals surface area contributed by atoms with Crippen molar-refractivity contribution in [3.05, 3.63) is 29.8 Å². The fourth-order valence-electron chi connectivity index (χ4n) is 2.92. The number of rotatable bonds is 14. The molecule has 150 valence electrons. The van der Waals surface area contributed by atoms with Gasteiger partial charge in [0.15, 0.2) is 0 Å². The summed E-state index contributed by atoms with van der Waals surface area (Å²) >= 11 is 0. The molecule has 0 aliphatic heterocycles. The van der Waals surface area contributed by atoms with Crippen molar-refractivity contribution in [1.29, 1.82) is 0 Å². The first kappa shape index (κ1) is 23.0. The zero-order chi connectivity index (χ0) is 19.7. The lowest BCUT2D eigenvalue weighted by Gasteiger charge is -2.14. The first-order valence-corrected chi connectivity index (χ1v) is 10.4. The summed E-state index contributed by atoms with van der Waals surface area (Å²) in [4.78, 5) is 11.0. The summed E-state index contributed by atoms with van der Waals surface area (Å²) < 4.78 is 0.